The van der Waals surface area contributed by atoms with E-state index >= 15 is 0 Å². The number of fused-ring (bicyclic) bond motifs is 3. The van der Waals surface area contributed by atoms with Gasteiger partial charge in [-0.1, -0.05) is 87.6 Å². The van der Waals surface area contributed by atoms with Gasteiger partial charge in [0.15, 0.2) is 0 Å². The Morgan fingerprint density at radius 2 is 1.41 bits per heavy atom. The van der Waals surface area contributed by atoms with Crippen LogP contribution in [0.1, 0.15) is 110 Å². The first-order chi connectivity index (χ1) is 25.7. The third kappa shape index (κ3) is 10.6. The summed E-state index contributed by atoms with van der Waals surface area (Å²) in [6.45, 7) is 9.00. The molecule has 0 spiro atoms. The van der Waals surface area contributed by atoms with E-state index in [1.54, 1.807) is 27.7 Å². The highest BCUT2D eigenvalue weighted by atomic mass is 16.6. The van der Waals surface area contributed by atoms with Crippen molar-refractivity contribution in [1.82, 2.24) is 10.2 Å². The predicted molar refractivity (Wildman–Crippen MR) is 200 cm³/mol. The fraction of sp³-hybridized carbons (Fsp3) is 0.595. The highest BCUT2D eigenvalue weighted by molar-refractivity contribution is 5.90. The van der Waals surface area contributed by atoms with Crippen molar-refractivity contribution >= 4 is 29.9 Å². The number of carbonyl (C=O) groups excluding carboxylic acids is 5. The van der Waals surface area contributed by atoms with Crippen molar-refractivity contribution in [3.05, 3.63) is 59.7 Å². The molecule has 0 aromatic heterocycles. The normalized spacial score (nSPS) is 20.7. The standard InChI is InChI=1S/C42H56N2O10/c1-26(37(52-28(3)46)25-50-27(2)45)38(40(48)54-42(4,5)6)43-39(47)36-22-30(53-29-16-10-8-7-9-11-17-29)23-44(36)41(49)51-24-35-33-20-14-12-18-31(33)32-19-13-15-21-34(32)35/h12-15,18-21,26,29-30,35-38H,7-11,16-17,22-25H2,1-6H3,(H,43,47)/t26-,30+,36-,37-,38-/m0/s1. The van der Waals surface area contributed by atoms with Crippen LogP contribution in [0.5, 0.6) is 0 Å². The zero-order chi connectivity index (χ0) is 39.0. The smallest absolute Gasteiger partial charge is 0.410 e. The van der Waals surface area contributed by atoms with E-state index in [0.29, 0.717) is 0 Å². The summed E-state index contributed by atoms with van der Waals surface area (Å²) in [5.41, 5.74) is 3.42. The minimum absolute atomic E-state index is 0.0155. The molecule has 2 fully saturated rings. The lowest BCUT2D eigenvalue weighted by Gasteiger charge is -2.33. The average Bonchev–Trinajstić information content (AvgIpc) is 3.67. The van der Waals surface area contributed by atoms with Gasteiger partial charge in [-0.2, -0.15) is 0 Å². The number of carbonyl (C=O) groups is 5. The van der Waals surface area contributed by atoms with Crippen molar-refractivity contribution in [2.75, 3.05) is 19.8 Å². The third-order valence-electron chi connectivity index (χ3n) is 10.4. The van der Waals surface area contributed by atoms with Crippen LogP contribution in [-0.4, -0.2) is 90.6 Å². The quantitative estimate of drug-likeness (QED) is 0.189. The Hall–Kier alpha value is -4.45. The van der Waals surface area contributed by atoms with E-state index in [4.69, 9.17) is 23.7 Å². The number of nitrogens with one attached hydrogen (secondary N) is 1. The van der Waals surface area contributed by atoms with Crippen molar-refractivity contribution < 1.29 is 47.7 Å². The Kier molecular flexibility index (Phi) is 13.8. The molecule has 2 aromatic carbocycles. The van der Waals surface area contributed by atoms with Gasteiger partial charge in [0.05, 0.1) is 18.8 Å². The maximum atomic E-state index is 14.4. The van der Waals surface area contributed by atoms with Gasteiger partial charge < -0.3 is 29.0 Å². The van der Waals surface area contributed by atoms with Crippen molar-refractivity contribution in [2.24, 2.45) is 5.92 Å². The molecule has 1 saturated heterocycles. The SMILES string of the molecule is CC(=O)OC[C@H](OC(C)=O)[C@H](C)[C@H](NC(=O)[C@@H]1C[C@@H](OC2CCCCCCC2)CN1C(=O)OCC1c2ccccc2-c2ccccc21)C(=O)OC(C)(C)C. The van der Waals surface area contributed by atoms with Crippen molar-refractivity contribution in [2.45, 2.75) is 135 Å². The summed E-state index contributed by atoms with van der Waals surface area (Å²) >= 11 is 0. The van der Waals surface area contributed by atoms with Crippen LogP contribution in [-0.2, 0) is 42.9 Å². The topological polar surface area (TPSA) is 147 Å². The zero-order valence-electron chi connectivity index (χ0n) is 32.5. The first kappa shape index (κ1) is 40.7. The van der Waals surface area contributed by atoms with Crippen LogP contribution in [0.3, 0.4) is 0 Å². The summed E-state index contributed by atoms with van der Waals surface area (Å²) in [5, 5.41) is 2.82. The van der Waals surface area contributed by atoms with E-state index in [0.717, 1.165) is 60.8 Å². The number of amides is 2. The second kappa shape index (κ2) is 18.3. The molecule has 0 unspecified atom stereocenters. The molecule has 294 valence electrons. The van der Waals surface area contributed by atoms with Gasteiger partial charge in [-0.15, -0.1) is 0 Å². The lowest BCUT2D eigenvalue weighted by molar-refractivity contribution is -0.168. The van der Waals surface area contributed by atoms with Crippen molar-refractivity contribution in [3.8, 4) is 11.1 Å². The van der Waals surface area contributed by atoms with E-state index in [1.165, 1.54) is 25.2 Å². The van der Waals surface area contributed by atoms with Gasteiger partial charge in [-0.05, 0) is 55.9 Å². The van der Waals surface area contributed by atoms with Crippen LogP contribution >= 0.6 is 0 Å². The van der Waals surface area contributed by atoms with Crippen LogP contribution in [0.25, 0.3) is 11.1 Å². The second-order valence-electron chi connectivity index (χ2n) is 15.8. The first-order valence-corrected chi connectivity index (χ1v) is 19.3. The maximum absolute atomic E-state index is 14.4. The predicted octanol–water partition coefficient (Wildman–Crippen LogP) is 6.47. The number of ether oxygens (including phenoxy) is 5. The van der Waals surface area contributed by atoms with Crippen LogP contribution < -0.4 is 5.32 Å². The van der Waals surface area contributed by atoms with Crippen molar-refractivity contribution in [3.63, 3.8) is 0 Å². The number of likely N-dealkylation sites (tertiary alicyclic amines) is 1. The maximum Gasteiger partial charge on any atom is 0.410 e. The molecule has 0 radical (unpaired) electrons. The molecule has 5 rings (SSSR count). The fourth-order valence-electron chi connectivity index (χ4n) is 7.79. The van der Waals surface area contributed by atoms with Gasteiger partial charge in [-0.25, -0.2) is 9.59 Å². The number of benzene rings is 2. The van der Waals surface area contributed by atoms with E-state index < -0.39 is 65.7 Å². The molecule has 54 heavy (non-hydrogen) atoms. The molecule has 1 aliphatic heterocycles. The van der Waals surface area contributed by atoms with E-state index in [9.17, 15) is 24.0 Å². The van der Waals surface area contributed by atoms with E-state index in [1.807, 2.05) is 36.4 Å². The summed E-state index contributed by atoms with van der Waals surface area (Å²) in [6.07, 6.45) is 5.50. The summed E-state index contributed by atoms with van der Waals surface area (Å²) in [4.78, 5) is 67.3. The Balaban J connectivity index is 1.38. The number of rotatable bonds is 12. The first-order valence-electron chi connectivity index (χ1n) is 19.3. The van der Waals surface area contributed by atoms with Crippen molar-refractivity contribution in [1.29, 1.82) is 0 Å². The minimum Gasteiger partial charge on any atom is -0.462 e. The van der Waals surface area contributed by atoms with Gasteiger partial charge in [0.25, 0.3) is 0 Å². The molecule has 2 amide bonds. The Morgan fingerprint density at radius 1 is 0.815 bits per heavy atom. The lowest BCUT2D eigenvalue weighted by Crippen LogP contribution is -2.56. The molecule has 1 N–H and O–H groups in total. The molecular formula is C42H56N2O10. The van der Waals surface area contributed by atoms with Crippen LogP contribution in [0, 0.1) is 5.92 Å². The van der Waals surface area contributed by atoms with Crippen LogP contribution in [0.2, 0.25) is 0 Å². The van der Waals surface area contributed by atoms with Gasteiger partial charge in [0.2, 0.25) is 5.91 Å². The van der Waals surface area contributed by atoms with E-state index in [2.05, 4.69) is 17.4 Å². The molecule has 3 aliphatic rings. The molecule has 12 nitrogen and oxygen atoms in total. The summed E-state index contributed by atoms with van der Waals surface area (Å²) < 4.78 is 29.0. The lowest BCUT2D eigenvalue weighted by atomic mass is 9.94. The van der Waals surface area contributed by atoms with Crippen LogP contribution in [0.15, 0.2) is 48.5 Å². The third-order valence-corrected chi connectivity index (χ3v) is 10.4. The summed E-state index contributed by atoms with van der Waals surface area (Å²) in [7, 11) is 0. The van der Waals surface area contributed by atoms with E-state index in [-0.39, 0.29) is 38.2 Å². The van der Waals surface area contributed by atoms with Crippen LogP contribution in [0.4, 0.5) is 4.79 Å². The summed E-state index contributed by atoms with van der Waals surface area (Å²) in [5.74, 6) is -3.69. The average molecular weight is 749 g/mol. The molecule has 12 heteroatoms. The Labute approximate surface area is 318 Å². The largest absolute Gasteiger partial charge is 0.462 e. The highest BCUT2D eigenvalue weighted by Gasteiger charge is 2.45. The second-order valence-corrected chi connectivity index (χ2v) is 15.8. The number of hydrogen-bond acceptors (Lipinski definition) is 10. The molecule has 0 bridgehead atoms. The molecule has 2 aliphatic carbocycles. The summed E-state index contributed by atoms with van der Waals surface area (Å²) in [6, 6.07) is 13.8. The molecule has 5 atom stereocenters. The Morgan fingerprint density at radius 3 is 1.98 bits per heavy atom. The molecular weight excluding hydrogens is 692 g/mol. The molecule has 1 heterocycles. The highest BCUT2D eigenvalue weighted by Crippen LogP contribution is 2.44. The van der Waals surface area contributed by atoms with Gasteiger partial charge in [0.1, 0.15) is 37.0 Å². The number of hydrogen-bond donors (Lipinski definition) is 1. The Bertz CT molecular complexity index is 1600. The monoisotopic (exact) mass is 748 g/mol. The van der Waals surface area contributed by atoms with Gasteiger partial charge in [0, 0.05) is 32.1 Å². The number of esters is 3. The molecule has 2 aromatic rings. The number of nitrogens with zero attached hydrogens (tertiary/aromatic N) is 1. The van der Waals surface area contributed by atoms with Gasteiger partial charge >= 0.3 is 24.0 Å². The molecule has 1 saturated carbocycles. The fourth-order valence-corrected chi connectivity index (χ4v) is 7.79. The minimum atomic E-state index is -1.33. The zero-order valence-corrected chi connectivity index (χ0v) is 32.5. The van der Waals surface area contributed by atoms with Gasteiger partial charge in [-0.3, -0.25) is 19.3 Å².